The van der Waals surface area contributed by atoms with Crippen LogP contribution in [0.1, 0.15) is 146 Å². The number of nitrogens with one attached hydrogen (secondary N) is 4. The molecular weight excluding hydrogens is 1060 g/mol. The Kier molecular flexibility index (Phi) is 16.7. The van der Waals surface area contributed by atoms with Crippen LogP contribution in [0, 0.1) is 0 Å². The molecule has 0 aromatic heterocycles. The molecule has 428 valence electrons. The summed E-state index contributed by atoms with van der Waals surface area (Å²) in [4.78, 5) is 110. The summed E-state index contributed by atoms with van der Waals surface area (Å²) in [5.41, 5.74) is 6.83. The Labute approximate surface area is 487 Å². The number of amides is 8. The van der Waals surface area contributed by atoms with Crippen molar-refractivity contribution >= 4 is 90.3 Å². The summed E-state index contributed by atoms with van der Waals surface area (Å²) in [5.74, 6) is -1.44. The lowest BCUT2D eigenvalue weighted by molar-refractivity contribution is 0.0596. The van der Waals surface area contributed by atoms with Gasteiger partial charge in [0.2, 0.25) is 0 Å². The lowest BCUT2D eigenvalue weighted by Crippen LogP contribution is -2.44. The van der Waals surface area contributed by atoms with E-state index in [4.69, 9.17) is 0 Å². The van der Waals surface area contributed by atoms with Gasteiger partial charge >= 0.3 is 0 Å². The smallest absolute Gasteiger partial charge is 0.261 e. The molecule has 4 aliphatic heterocycles. The van der Waals surface area contributed by atoms with Gasteiger partial charge in [-0.3, -0.25) is 58.0 Å². The van der Waals surface area contributed by atoms with Crippen molar-refractivity contribution in [1.82, 2.24) is 40.9 Å². The Bertz CT molecular complexity index is 3880. The highest BCUT2D eigenvalue weighted by atomic mass is 16.2. The molecule has 8 aromatic rings. The highest BCUT2D eigenvalue weighted by molar-refractivity contribution is 6.28. The van der Waals surface area contributed by atoms with E-state index in [2.05, 4.69) is 55.0 Å². The molecule has 12 rings (SSSR count). The molecule has 0 fully saturated rings. The molecule has 0 unspecified atom stereocenters. The van der Waals surface area contributed by atoms with E-state index >= 15 is 0 Å². The molecule has 0 aliphatic carbocycles. The zero-order valence-electron chi connectivity index (χ0n) is 47.8. The average Bonchev–Trinajstić information content (AvgIpc) is 1.13. The van der Waals surface area contributed by atoms with E-state index in [9.17, 15) is 38.4 Å². The summed E-state index contributed by atoms with van der Waals surface area (Å²) >= 11 is 0. The molecule has 0 bridgehead atoms. The second-order valence-electron chi connectivity index (χ2n) is 22.4. The predicted octanol–water partition coefficient (Wildman–Crippen LogP) is 9.16. The second-order valence-corrected chi connectivity index (χ2v) is 22.4. The van der Waals surface area contributed by atoms with Crippen LogP contribution in [0.2, 0.25) is 0 Å². The Hall–Kier alpha value is -8.80. The minimum Gasteiger partial charge on any atom is -0.315 e. The van der Waals surface area contributed by atoms with E-state index < -0.39 is 0 Å². The maximum Gasteiger partial charge on any atom is 0.261 e. The molecule has 0 saturated heterocycles. The summed E-state index contributed by atoms with van der Waals surface area (Å²) in [6.07, 6.45) is 1.62. The van der Waals surface area contributed by atoms with Crippen LogP contribution in [0.25, 0.3) is 43.1 Å². The first kappa shape index (κ1) is 57.0. The highest BCUT2D eigenvalue weighted by Crippen LogP contribution is 2.37. The normalized spacial score (nSPS) is 14.6. The quantitative estimate of drug-likeness (QED) is 0.0372. The van der Waals surface area contributed by atoms with Crippen molar-refractivity contribution in [3.8, 4) is 0 Å². The van der Waals surface area contributed by atoms with Crippen LogP contribution in [0.4, 0.5) is 0 Å². The van der Waals surface area contributed by atoms with Crippen molar-refractivity contribution in [1.29, 1.82) is 0 Å². The fraction of sp³-hybridized carbons (Fsp3) is 0.294. The molecule has 0 atom stereocenters. The third-order valence-corrected chi connectivity index (χ3v) is 16.4. The van der Waals surface area contributed by atoms with E-state index in [-0.39, 0.29) is 53.2 Å². The third kappa shape index (κ3) is 10.8. The molecule has 0 spiro atoms. The van der Waals surface area contributed by atoms with Gasteiger partial charge in [-0.2, -0.15) is 0 Å². The van der Waals surface area contributed by atoms with Gasteiger partial charge in [0.1, 0.15) is 0 Å². The SMILES string of the molecule is CC(C)c1cc2c3c(cccc3c1)C(=O)N(CCNCCCNCCN1C(=O)c3cccc4cccc(c34)C1=O)C2=O.CC(C)c1ccc2c3c(cccc13)C(=O)N(CCNCCCNCCN1C(=O)c3cccc4cccc(c34)C1=O)C2=O. The van der Waals surface area contributed by atoms with Crippen LogP contribution in [0.5, 0.6) is 0 Å². The maximum absolute atomic E-state index is 13.3. The molecule has 16 nitrogen and oxygen atoms in total. The fourth-order valence-corrected chi connectivity index (χ4v) is 12.1. The standard InChI is InChI=1S/2C34H34N4O4/c1-21(2)23-13-14-28-30-24(23)9-5-12-27(30)33(41)38(34(28)42)20-18-36-16-6-15-35-17-19-37-31(39)25-10-3-7-22-8-4-11-26(29(22)25)32(37)40;1-21(2)24-19-23-9-5-12-27-30(23)28(20-24)34(42)38(33(27)41)18-16-36-14-6-13-35-15-17-37-31(39)25-10-3-7-22-8-4-11-26(29(22)25)32(37)40/h3-5,7-14,21,35-36H,6,15-20H2,1-2H3;3-5,7-12,19-21,35-36H,6,13-18H2,1-2H3. The topological polar surface area (TPSA) is 198 Å². The van der Waals surface area contributed by atoms with E-state index in [1.807, 2.05) is 91.0 Å². The van der Waals surface area contributed by atoms with Crippen molar-refractivity contribution in [3.05, 3.63) is 189 Å². The van der Waals surface area contributed by atoms with E-state index in [1.165, 1.54) is 19.6 Å². The Balaban J connectivity index is 0.000000175. The van der Waals surface area contributed by atoms with Gasteiger partial charge in [-0.05, 0) is 132 Å². The van der Waals surface area contributed by atoms with E-state index in [0.717, 1.165) is 67.1 Å². The Morgan fingerprint density at radius 2 is 0.619 bits per heavy atom. The molecule has 8 aromatic carbocycles. The van der Waals surface area contributed by atoms with Gasteiger partial charge in [-0.1, -0.05) is 113 Å². The van der Waals surface area contributed by atoms with Crippen molar-refractivity contribution in [2.45, 2.75) is 52.4 Å². The monoisotopic (exact) mass is 1120 g/mol. The van der Waals surface area contributed by atoms with Crippen molar-refractivity contribution < 1.29 is 38.4 Å². The van der Waals surface area contributed by atoms with Crippen molar-refractivity contribution in [2.75, 3.05) is 78.5 Å². The largest absolute Gasteiger partial charge is 0.315 e. The first-order valence-corrected chi connectivity index (χ1v) is 29.2. The Morgan fingerprint density at radius 1 is 0.310 bits per heavy atom. The molecule has 4 heterocycles. The summed E-state index contributed by atoms with van der Waals surface area (Å²) in [7, 11) is 0. The van der Waals surface area contributed by atoms with Crippen molar-refractivity contribution in [3.63, 3.8) is 0 Å². The molecule has 84 heavy (non-hydrogen) atoms. The van der Waals surface area contributed by atoms with Crippen LogP contribution in [-0.2, 0) is 0 Å². The number of carbonyl (C=O) groups excluding carboxylic acids is 8. The van der Waals surface area contributed by atoms with Crippen LogP contribution >= 0.6 is 0 Å². The maximum atomic E-state index is 13.3. The van der Waals surface area contributed by atoms with Crippen molar-refractivity contribution in [2.24, 2.45) is 0 Å². The predicted molar refractivity (Wildman–Crippen MR) is 326 cm³/mol. The number of benzene rings is 8. The van der Waals surface area contributed by atoms with Gasteiger partial charge in [0.05, 0.1) is 0 Å². The molecule has 0 saturated carbocycles. The van der Waals surface area contributed by atoms with Gasteiger partial charge in [0, 0.05) is 118 Å². The minimum absolute atomic E-state index is 0.240. The van der Waals surface area contributed by atoms with Crippen LogP contribution in [-0.4, -0.2) is 145 Å². The first-order valence-electron chi connectivity index (χ1n) is 29.2. The number of rotatable bonds is 22. The molecule has 4 aliphatic rings. The average molecular weight is 1130 g/mol. The Morgan fingerprint density at radius 3 is 0.976 bits per heavy atom. The van der Waals surface area contributed by atoms with E-state index in [0.29, 0.717) is 129 Å². The summed E-state index contributed by atoms with van der Waals surface area (Å²) in [5, 5.41) is 19.9. The highest BCUT2D eigenvalue weighted by Gasteiger charge is 2.36. The minimum atomic E-state index is -0.256. The summed E-state index contributed by atoms with van der Waals surface area (Å²) < 4.78 is 0. The lowest BCUT2D eigenvalue weighted by atomic mass is 9.88. The molecule has 4 N–H and O–H groups in total. The van der Waals surface area contributed by atoms with Gasteiger partial charge in [-0.25, -0.2) is 0 Å². The van der Waals surface area contributed by atoms with Gasteiger partial charge in [0.15, 0.2) is 0 Å². The summed E-state index contributed by atoms with van der Waals surface area (Å²) in [6, 6.07) is 41.3. The van der Waals surface area contributed by atoms with Crippen LogP contribution < -0.4 is 21.3 Å². The fourth-order valence-electron chi connectivity index (χ4n) is 12.1. The number of carbonyl (C=O) groups is 8. The molecule has 0 radical (unpaired) electrons. The zero-order valence-corrected chi connectivity index (χ0v) is 47.8. The van der Waals surface area contributed by atoms with Crippen LogP contribution in [0.3, 0.4) is 0 Å². The molecule has 8 amide bonds. The number of nitrogens with zero attached hydrogens (tertiary/aromatic N) is 4. The lowest BCUT2D eigenvalue weighted by Gasteiger charge is -2.28. The third-order valence-electron chi connectivity index (χ3n) is 16.4. The van der Waals surface area contributed by atoms with E-state index in [1.54, 1.807) is 36.4 Å². The van der Waals surface area contributed by atoms with Crippen LogP contribution in [0.15, 0.2) is 133 Å². The van der Waals surface area contributed by atoms with Gasteiger partial charge in [-0.15, -0.1) is 0 Å². The van der Waals surface area contributed by atoms with Gasteiger partial charge < -0.3 is 21.3 Å². The number of imide groups is 4. The number of hydrogen-bond donors (Lipinski definition) is 4. The number of hydrogen-bond acceptors (Lipinski definition) is 12. The summed E-state index contributed by atoms with van der Waals surface area (Å²) in [6.45, 7) is 14.4. The zero-order chi connectivity index (χ0) is 58.8. The second kappa shape index (κ2) is 24.6. The molecule has 16 heteroatoms. The molecular formula is C68H68N8O8. The first-order chi connectivity index (χ1) is 40.7. The van der Waals surface area contributed by atoms with Gasteiger partial charge in [0.25, 0.3) is 47.3 Å².